The normalized spacial score (nSPS) is 12.9. The van der Waals surface area contributed by atoms with Gasteiger partial charge < -0.3 is 16.6 Å². The Labute approximate surface area is 72.0 Å². The van der Waals surface area contributed by atoms with Crippen molar-refractivity contribution in [2.24, 2.45) is 11.5 Å². The van der Waals surface area contributed by atoms with Gasteiger partial charge in [0.25, 0.3) is 0 Å². The summed E-state index contributed by atoms with van der Waals surface area (Å²) in [6.45, 7) is 0.511. The van der Waals surface area contributed by atoms with Crippen molar-refractivity contribution in [3.63, 3.8) is 0 Å². The molecule has 0 aliphatic rings. The minimum absolute atomic E-state index is 0.0676. The molecule has 0 radical (unpaired) electrons. The van der Waals surface area contributed by atoms with Crippen molar-refractivity contribution < 1.29 is 5.11 Å². The Bertz CT molecular complexity index is 233. The molecule has 1 aromatic carbocycles. The smallest absolute Gasteiger partial charge is 0.0681 e. The van der Waals surface area contributed by atoms with Crippen LogP contribution < -0.4 is 11.5 Å². The SMILES string of the molecule is NC[C@H](N)c1ccc(CO)cc1. The number of nitrogens with two attached hydrogens (primary N) is 2. The van der Waals surface area contributed by atoms with E-state index in [4.69, 9.17) is 16.6 Å². The second-order valence-corrected chi connectivity index (χ2v) is 2.74. The molecule has 3 nitrogen and oxygen atoms in total. The number of aliphatic hydroxyl groups excluding tert-OH is 1. The van der Waals surface area contributed by atoms with Crippen molar-refractivity contribution in [2.45, 2.75) is 12.6 Å². The first-order valence-electron chi connectivity index (χ1n) is 3.93. The molecule has 0 saturated carbocycles. The molecule has 1 rings (SSSR count). The Hall–Kier alpha value is -0.900. The van der Waals surface area contributed by atoms with Crippen molar-refractivity contribution in [3.8, 4) is 0 Å². The fraction of sp³-hybridized carbons (Fsp3) is 0.333. The Balaban J connectivity index is 2.77. The Morgan fingerprint density at radius 1 is 1.25 bits per heavy atom. The summed E-state index contributed by atoms with van der Waals surface area (Å²) in [5.41, 5.74) is 13.0. The Kier molecular flexibility index (Phi) is 3.22. The standard InChI is InChI=1S/C9H14N2O/c10-5-9(11)8-3-1-7(6-12)2-4-8/h1-4,9,12H,5-6,10-11H2/t9-/m0/s1. The maximum absolute atomic E-state index is 8.77. The molecule has 5 N–H and O–H groups in total. The second-order valence-electron chi connectivity index (χ2n) is 2.74. The zero-order chi connectivity index (χ0) is 8.97. The van der Waals surface area contributed by atoms with Gasteiger partial charge in [-0.15, -0.1) is 0 Å². The summed E-state index contributed by atoms with van der Waals surface area (Å²) in [5.74, 6) is 0. The molecule has 3 heteroatoms. The van der Waals surface area contributed by atoms with Crippen LogP contribution in [0.5, 0.6) is 0 Å². The van der Waals surface area contributed by atoms with Gasteiger partial charge in [0.2, 0.25) is 0 Å². The fourth-order valence-corrected chi connectivity index (χ4v) is 1.01. The van der Waals surface area contributed by atoms with Crippen LogP contribution in [0.3, 0.4) is 0 Å². The van der Waals surface area contributed by atoms with Crippen molar-refractivity contribution >= 4 is 0 Å². The summed E-state index contributed by atoms with van der Waals surface area (Å²) in [6, 6.07) is 7.39. The zero-order valence-corrected chi connectivity index (χ0v) is 6.90. The molecule has 0 aliphatic heterocycles. The summed E-state index contributed by atoms with van der Waals surface area (Å²) in [5, 5.41) is 8.77. The molecule has 0 heterocycles. The maximum atomic E-state index is 8.77. The van der Waals surface area contributed by atoms with Crippen LogP contribution >= 0.6 is 0 Å². The van der Waals surface area contributed by atoms with E-state index in [9.17, 15) is 0 Å². The van der Waals surface area contributed by atoms with Crippen LogP contribution in [0.1, 0.15) is 17.2 Å². The molecule has 0 bridgehead atoms. The van der Waals surface area contributed by atoms with E-state index in [-0.39, 0.29) is 12.6 Å². The summed E-state index contributed by atoms with van der Waals surface area (Å²) in [7, 11) is 0. The fourth-order valence-electron chi connectivity index (χ4n) is 1.01. The Morgan fingerprint density at radius 2 is 1.83 bits per heavy atom. The van der Waals surface area contributed by atoms with Crippen LogP contribution in [0.2, 0.25) is 0 Å². The van der Waals surface area contributed by atoms with Gasteiger partial charge in [0.05, 0.1) is 6.61 Å². The van der Waals surface area contributed by atoms with Crippen LogP contribution in [-0.2, 0) is 6.61 Å². The largest absolute Gasteiger partial charge is 0.392 e. The average molecular weight is 166 g/mol. The topological polar surface area (TPSA) is 72.3 Å². The highest BCUT2D eigenvalue weighted by molar-refractivity contribution is 5.24. The van der Waals surface area contributed by atoms with Gasteiger partial charge >= 0.3 is 0 Å². The lowest BCUT2D eigenvalue weighted by molar-refractivity contribution is 0.282. The van der Waals surface area contributed by atoms with Crippen LogP contribution in [-0.4, -0.2) is 11.7 Å². The Morgan fingerprint density at radius 3 is 2.25 bits per heavy atom. The number of rotatable bonds is 3. The van der Waals surface area contributed by atoms with Gasteiger partial charge in [-0.3, -0.25) is 0 Å². The third-order valence-corrected chi connectivity index (χ3v) is 1.84. The molecule has 66 valence electrons. The summed E-state index contributed by atoms with van der Waals surface area (Å²) >= 11 is 0. The minimum atomic E-state index is -0.0993. The highest BCUT2D eigenvalue weighted by atomic mass is 16.3. The molecule has 1 aromatic rings. The molecule has 0 unspecified atom stereocenters. The summed E-state index contributed by atoms with van der Waals surface area (Å²) in [6.07, 6.45) is 0. The first-order valence-corrected chi connectivity index (χ1v) is 3.93. The third-order valence-electron chi connectivity index (χ3n) is 1.84. The molecule has 0 fully saturated rings. The van der Waals surface area contributed by atoms with E-state index in [1.165, 1.54) is 0 Å². The number of aliphatic hydroxyl groups is 1. The highest BCUT2D eigenvalue weighted by Crippen LogP contribution is 2.10. The van der Waals surface area contributed by atoms with Gasteiger partial charge in [0.15, 0.2) is 0 Å². The van der Waals surface area contributed by atoms with E-state index in [1.807, 2.05) is 24.3 Å². The van der Waals surface area contributed by atoms with E-state index in [1.54, 1.807) is 0 Å². The van der Waals surface area contributed by atoms with Crippen molar-refractivity contribution in [3.05, 3.63) is 35.4 Å². The quantitative estimate of drug-likeness (QED) is 0.598. The van der Waals surface area contributed by atoms with Gasteiger partial charge in [-0.25, -0.2) is 0 Å². The van der Waals surface area contributed by atoms with Crippen molar-refractivity contribution in [1.29, 1.82) is 0 Å². The van der Waals surface area contributed by atoms with E-state index >= 15 is 0 Å². The molecule has 12 heavy (non-hydrogen) atoms. The van der Waals surface area contributed by atoms with Crippen molar-refractivity contribution in [1.82, 2.24) is 0 Å². The molecule has 1 atom stereocenters. The van der Waals surface area contributed by atoms with E-state index < -0.39 is 0 Å². The van der Waals surface area contributed by atoms with Crippen LogP contribution in [0.4, 0.5) is 0 Å². The monoisotopic (exact) mass is 166 g/mol. The molecular weight excluding hydrogens is 152 g/mol. The molecule has 0 saturated heterocycles. The number of hydrogen-bond acceptors (Lipinski definition) is 3. The summed E-state index contributed by atoms with van der Waals surface area (Å²) in [4.78, 5) is 0. The molecule has 0 aliphatic carbocycles. The van der Waals surface area contributed by atoms with Crippen LogP contribution in [0.15, 0.2) is 24.3 Å². The first kappa shape index (κ1) is 9.19. The van der Waals surface area contributed by atoms with E-state index in [0.717, 1.165) is 11.1 Å². The first-order chi connectivity index (χ1) is 5.77. The number of hydrogen-bond donors (Lipinski definition) is 3. The second kappa shape index (κ2) is 4.21. The summed E-state index contributed by atoms with van der Waals surface area (Å²) < 4.78 is 0. The molecule has 0 amide bonds. The highest BCUT2D eigenvalue weighted by Gasteiger charge is 2.01. The lowest BCUT2D eigenvalue weighted by atomic mass is 10.1. The van der Waals surface area contributed by atoms with Gasteiger partial charge in [0.1, 0.15) is 0 Å². The van der Waals surface area contributed by atoms with E-state index in [2.05, 4.69) is 0 Å². The zero-order valence-electron chi connectivity index (χ0n) is 6.90. The minimum Gasteiger partial charge on any atom is -0.392 e. The van der Waals surface area contributed by atoms with Gasteiger partial charge in [-0.2, -0.15) is 0 Å². The maximum Gasteiger partial charge on any atom is 0.0681 e. The van der Waals surface area contributed by atoms with Crippen LogP contribution in [0.25, 0.3) is 0 Å². The number of benzene rings is 1. The predicted molar refractivity (Wildman–Crippen MR) is 48.3 cm³/mol. The third kappa shape index (κ3) is 2.04. The van der Waals surface area contributed by atoms with E-state index in [0.29, 0.717) is 6.54 Å². The molecular formula is C9H14N2O. The van der Waals surface area contributed by atoms with Gasteiger partial charge in [-0.1, -0.05) is 24.3 Å². The predicted octanol–water partition coefficient (Wildman–Crippen LogP) is 0.137. The van der Waals surface area contributed by atoms with Crippen LogP contribution in [0, 0.1) is 0 Å². The molecule has 0 aromatic heterocycles. The lowest BCUT2D eigenvalue weighted by Crippen LogP contribution is -2.20. The van der Waals surface area contributed by atoms with Gasteiger partial charge in [0, 0.05) is 12.6 Å². The molecule has 0 spiro atoms. The average Bonchev–Trinajstić information content (AvgIpc) is 2.17. The lowest BCUT2D eigenvalue weighted by Gasteiger charge is -2.08. The van der Waals surface area contributed by atoms with Crippen molar-refractivity contribution in [2.75, 3.05) is 6.54 Å². The van der Waals surface area contributed by atoms with Gasteiger partial charge in [-0.05, 0) is 11.1 Å².